The molecule has 0 fully saturated rings. The summed E-state index contributed by atoms with van der Waals surface area (Å²) in [7, 11) is 0. The molecule has 3 aromatic heterocycles. The van der Waals surface area contributed by atoms with Crippen molar-refractivity contribution in [3.63, 3.8) is 0 Å². The van der Waals surface area contributed by atoms with Gasteiger partial charge in [-0.05, 0) is 60.7 Å². The SMILES string of the molecule is O=C1C(=O)c2cc3ccc(cc4ccc(cc5nc(cc1n2)C=C5)[nH]4)[nH]3. The lowest BCUT2D eigenvalue weighted by molar-refractivity contribution is 0.0825. The Morgan fingerprint density at radius 1 is 0.577 bits per heavy atom. The summed E-state index contributed by atoms with van der Waals surface area (Å²) in [4.78, 5) is 39.5. The number of aromatic amines is 2. The molecule has 3 aromatic rings. The lowest BCUT2D eigenvalue weighted by Crippen LogP contribution is -2.06. The fraction of sp³-hybridized carbons (Fsp3) is 0. The van der Waals surface area contributed by atoms with Crippen molar-refractivity contribution in [1.29, 1.82) is 0 Å². The van der Waals surface area contributed by atoms with Gasteiger partial charge in [0.05, 0.1) is 11.4 Å². The number of hydrogen-bond donors (Lipinski definition) is 2. The maximum Gasteiger partial charge on any atom is 0.253 e. The topological polar surface area (TPSA) is 91.5 Å². The number of nitrogens with zero attached hydrogens (tertiary/aromatic N) is 2. The number of ketones is 2. The van der Waals surface area contributed by atoms with Crippen LogP contribution in [0.4, 0.5) is 0 Å². The molecule has 2 N–H and O–H groups in total. The van der Waals surface area contributed by atoms with Crippen molar-refractivity contribution in [1.82, 2.24) is 19.9 Å². The molecule has 26 heavy (non-hydrogen) atoms. The van der Waals surface area contributed by atoms with E-state index in [-0.39, 0.29) is 11.4 Å². The molecule has 5 heterocycles. The van der Waals surface area contributed by atoms with Crippen LogP contribution in [0.25, 0.3) is 34.2 Å². The zero-order valence-corrected chi connectivity index (χ0v) is 13.5. The molecule has 6 nitrogen and oxygen atoms in total. The van der Waals surface area contributed by atoms with E-state index in [1.54, 1.807) is 18.2 Å². The van der Waals surface area contributed by atoms with Crippen LogP contribution in [-0.2, 0) is 0 Å². The number of H-pyrrole nitrogens is 2. The Bertz CT molecular complexity index is 1280. The van der Waals surface area contributed by atoms with E-state index in [1.807, 2.05) is 42.5 Å². The summed E-state index contributed by atoms with van der Waals surface area (Å²) in [6.07, 6.45) is 3.64. The van der Waals surface area contributed by atoms with E-state index in [2.05, 4.69) is 19.9 Å². The molecule has 2 aliphatic rings. The molecule has 0 spiro atoms. The lowest BCUT2D eigenvalue weighted by atomic mass is 10.2. The van der Waals surface area contributed by atoms with Gasteiger partial charge in [-0.3, -0.25) is 9.59 Å². The smallest absolute Gasteiger partial charge is 0.253 e. The number of aromatic nitrogens is 4. The average Bonchev–Trinajstić information content (AvgIpc) is 3.38. The van der Waals surface area contributed by atoms with Crippen molar-refractivity contribution in [3.05, 3.63) is 71.3 Å². The van der Waals surface area contributed by atoms with Gasteiger partial charge in [0.1, 0.15) is 11.4 Å². The van der Waals surface area contributed by atoms with Crippen LogP contribution in [0.5, 0.6) is 0 Å². The summed E-state index contributed by atoms with van der Waals surface area (Å²) in [5.41, 5.74) is 5.02. The van der Waals surface area contributed by atoms with E-state index >= 15 is 0 Å². The van der Waals surface area contributed by atoms with Crippen molar-refractivity contribution in [2.24, 2.45) is 0 Å². The van der Waals surface area contributed by atoms with E-state index in [0.717, 1.165) is 22.2 Å². The predicted molar refractivity (Wildman–Crippen MR) is 98.6 cm³/mol. The molecular formula is C20H12N4O2. The van der Waals surface area contributed by atoms with Crippen molar-refractivity contribution < 1.29 is 9.59 Å². The highest BCUT2D eigenvalue weighted by Crippen LogP contribution is 2.17. The molecule has 124 valence electrons. The third-order valence-corrected chi connectivity index (χ3v) is 4.25. The zero-order chi connectivity index (χ0) is 17.7. The molecule has 8 bridgehead atoms. The molecule has 0 aromatic carbocycles. The van der Waals surface area contributed by atoms with Gasteiger partial charge in [-0.2, -0.15) is 0 Å². The molecule has 0 atom stereocenters. The minimum atomic E-state index is -0.610. The third kappa shape index (κ3) is 2.44. The second-order valence-electron chi connectivity index (χ2n) is 6.15. The van der Waals surface area contributed by atoms with Crippen molar-refractivity contribution in [2.45, 2.75) is 0 Å². The Labute approximate surface area is 147 Å². The molecule has 0 aliphatic carbocycles. The van der Waals surface area contributed by atoms with Crippen LogP contribution in [0.1, 0.15) is 32.4 Å². The Morgan fingerprint density at radius 2 is 1.08 bits per heavy atom. The zero-order valence-electron chi connectivity index (χ0n) is 13.5. The number of nitrogens with one attached hydrogen (secondary N) is 2. The van der Waals surface area contributed by atoms with E-state index in [9.17, 15) is 9.59 Å². The molecule has 0 saturated heterocycles. The third-order valence-electron chi connectivity index (χ3n) is 4.25. The van der Waals surface area contributed by atoms with E-state index < -0.39 is 11.6 Å². The standard InChI is InChI=1S/C20H12N4O2/c25-19-17-9-15-5-3-13(22-15)7-11-1-2-12(21-11)8-14-4-6-16(23-14)10-18(24-17)20(19)26/h1-10,21-22H. The molecule has 6 heteroatoms. The second-order valence-corrected chi connectivity index (χ2v) is 6.15. The number of carbonyl (C=O) groups excluding carboxylic acids is 2. The fourth-order valence-electron chi connectivity index (χ4n) is 3.02. The van der Waals surface area contributed by atoms with Gasteiger partial charge in [-0.25, -0.2) is 9.97 Å². The van der Waals surface area contributed by atoms with Crippen LogP contribution in [0.15, 0.2) is 48.5 Å². The predicted octanol–water partition coefficient (Wildman–Crippen LogP) is 3.55. The highest BCUT2D eigenvalue weighted by molar-refractivity contribution is 6.50. The first-order valence-electron chi connectivity index (χ1n) is 8.09. The monoisotopic (exact) mass is 340 g/mol. The highest BCUT2D eigenvalue weighted by atomic mass is 16.2. The Hall–Kier alpha value is -3.80. The van der Waals surface area contributed by atoms with Crippen LogP contribution in [0.2, 0.25) is 0 Å². The maximum absolute atomic E-state index is 12.2. The molecule has 2 aliphatic heterocycles. The van der Waals surface area contributed by atoms with Crippen LogP contribution in [0.3, 0.4) is 0 Å². The van der Waals surface area contributed by atoms with Gasteiger partial charge in [-0.15, -0.1) is 0 Å². The summed E-state index contributed by atoms with van der Waals surface area (Å²) >= 11 is 0. The molecule has 0 saturated carbocycles. The van der Waals surface area contributed by atoms with Crippen LogP contribution in [0, 0.1) is 0 Å². The largest absolute Gasteiger partial charge is 0.355 e. The van der Waals surface area contributed by atoms with E-state index in [4.69, 9.17) is 0 Å². The van der Waals surface area contributed by atoms with Crippen LogP contribution >= 0.6 is 0 Å². The summed E-state index contributed by atoms with van der Waals surface area (Å²) in [6, 6.07) is 14.7. The van der Waals surface area contributed by atoms with Gasteiger partial charge in [-0.1, -0.05) is 0 Å². The highest BCUT2D eigenvalue weighted by Gasteiger charge is 2.27. The Kier molecular flexibility index (Phi) is 2.99. The molecule has 0 radical (unpaired) electrons. The first-order valence-corrected chi connectivity index (χ1v) is 8.09. The van der Waals surface area contributed by atoms with Crippen molar-refractivity contribution >= 4 is 45.8 Å². The van der Waals surface area contributed by atoms with E-state index in [1.165, 1.54) is 0 Å². The van der Waals surface area contributed by atoms with Gasteiger partial charge in [0, 0.05) is 22.1 Å². The number of carbonyl (C=O) groups is 2. The second kappa shape index (κ2) is 5.35. The van der Waals surface area contributed by atoms with Crippen molar-refractivity contribution in [2.75, 3.05) is 0 Å². The summed E-state index contributed by atoms with van der Waals surface area (Å²) < 4.78 is 0. The quantitative estimate of drug-likeness (QED) is 0.479. The Morgan fingerprint density at radius 3 is 1.73 bits per heavy atom. The first-order chi connectivity index (χ1) is 12.6. The number of fused-ring (bicyclic) bond motifs is 8. The van der Waals surface area contributed by atoms with Crippen LogP contribution < -0.4 is 0 Å². The van der Waals surface area contributed by atoms with Gasteiger partial charge in [0.15, 0.2) is 0 Å². The van der Waals surface area contributed by atoms with Crippen molar-refractivity contribution in [3.8, 4) is 0 Å². The normalized spacial score (nSPS) is 13.4. The summed E-state index contributed by atoms with van der Waals surface area (Å²) in [5, 5.41) is 0. The number of rotatable bonds is 0. The van der Waals surface area contributed by atoms with Gasteiger partial charge in [0.2, 0.25) is 0 Å². The van der Waals surface area contributed by atoms with Gasteiger partial charge < -0.3 is 9.97 Å². The lowest BCUT2D eigenvalue weighted by Gasteiger charge is -1.85. The number of hydrogen-bond acceptors (Lipinski definition) is 4. The molecule has 5 rings (SSSR count). The molecular weight excluding hydrogens is 328 g/mol. The van der Waals surface area contributed by atoms with Gasteiger partial charge >= 0.3 is 0 Å². The first kappa shape index (κ1) is 14.5. The minimum Gasteiger partial charge on any atom is -0.355 e. The van der Waals surface area contributed by atoms with E-state index in [0.29, 0.717) is 11.2 Å². The minimum absolute atomic E-state index is 0.110. The number of Topliss-reactive ketones (excluding diaryl/α,β-unsaturated/α-hetero) is 2. The molecule has 0 amide bonds. The summed E-state index contributed by atoms with van der Waals surface area (Å²) in [5.74, 6) is -1.21. The average molecular weight is 340 g/mol. The fourth-order valence-corrected chi connectivity index (χ4v) is 3.02. The maximum atomic E-state index is 12.2. The van der Waals surface area contributed by atoms with Gasteiger partial charge in [0.25, 0.3) is 11.6 Å². The Balaban J connectivity index is 1.87. The van der Waals surface area contributed by atoms with Crippen LogP contribution in [-0.4, -0.2) is 31.5 Å². The molecule has 0 unspecified atom stereocenters. The summed E-state index contributed by atoms with van der Waals surface area (Å²) in [6.45, 7) is 0.